The van der Waals surface area contributed by atoms with Crippen LogP contribution < -0.4 is 5.32 Å². The summed E-state index contributed by atoms with van der Waals surface area (Å²) < 4.78 is 2.25. The molecule has 0 atom stereocenters. The zero-order valence-corrected chi connectivity index (χ0v) is 12.0. The molecule has 0 amide bonds. The molecule has 0 radical (unpaired) electrons. The molecule has 0 bridgehead atoms. The molecule has 0 saturated heterocycles. The Labute approximate surface area is 106 Å². The van der Waals surface area contributed by atoms with Crippen molar-refractivity contribution in [2.45, 2.75) is 54.0 Å². The molecule has 1 rings (SSSR count). The lowest BCUT2D eigenvalue weighted by atomic mass is 10.1. The number of imidazole rings is 1. The summed E-state index contributed by atoms with van der Waals surface area (Å²) in [7, 11) is 0. The van der Waals surface area contributed by atoms with Gasteiger partial charge in [0.25, 0.3) is 0 Å². The van der Waals surface area contributed by atoms with Gasteiger partial charge in [0.2, 0.25) is 5.95 Å². The minimum Gasteiger partial charge on any atom is -0.355 e. The lowest BCUT2D eigenvalue weighted by Crippen LogP contribution is -2.13. The van der Waals surface area contributed by atoms with E-state index in [0.29, 0.717) is 5.92 Å². The number of hydrogen-bond donors (Lipinski definition) is 1. The van der Waals surface area contributed by atoms with Crippen molar-refractivity contribution in [2.24, 2.45) is 11.8 Å². The van der Waals surface area contributed by atoms with Crippen LogP contribution in [-0.4, -0.2) is 16.1 Å². The average molecular weight is 237 g/mol. The van der Waals surface area contributed by atoms with Crippen LogP contribution in [0, 0.1) is 18.8 Å². The molecule has 3 nitrogen and oxygen atoms in total. The van der Waals surface area contributed by atoms with Crippen LogP contribution in [0.4, 0.5) is 5.95 Å². The summed E-state index contributed by atoms with van der Waals surface area (Å²) in [5.74, 6) is 2.46. The van der Waals surface area contributed by atoms with E-state index in [1.54, 1.807) is 0 Å². The van der Waals surface area contributed by atoms with Gasteiger partial charge in [-0.2, -0.15) is 0 Å². The van der Waals surface area contributed by atoms with Crippen molar-refractivity contribution in [2.75, 3.05) is 11.9 Å². The molecule has 0 aliphatic carbocycles. The Kier molecular flexibility index (Phi) is 5.52. The van der Waals surface area contributed by atoms with E-state index in [9.17, 15) is 0 Å². The van der Waals surface area contributed by atoms with Gasteiger partial charge < -0.3 is 9.88 Å². The average Bonchev–Trinajstić information content (AvgIpc) is 2.55. The Bertz CT molecular complexity index is 326. The van der Waals surface area contributed by atoms with Crippen molar-refractivity contribution < 1.29 is 0 Å². The Morgan fingerprint density at radius 1 is 1.24 bits per heavy atom. The molecule has 1 N–H and O–H groups in total. The molecule has 1 aromatic rings. The zero-order chi connectivity index (χ0) is 12.8. The lowest BCUT2D eigenvalue weighted by Gasteiger charge is -2.11. The van der Waals surface area contributed by atoms with E-state index in [0.717, 1.165) is 30.6 Å². The Morgan fingerprint density at radius 2 is 1.94 bits per heavy atom. The molecule has 0 aromatic carbocycles. The second kappa shape index (κ2) is 6.67. The molecule has 0 aliphatic rings. The first kappa shape index (κ1) is 14.1. The van der Waals surface area contributed by atoms with E-state index in [-0.39, 0.29) is 0 Å². The number of rotatable bonds is 7. The van der Waals surface area contributed by atoms with Gasteiger partial charge in [-0.05, 0) is 31.6 Å². The maximum Gasteiger partial charge on any atom is 0.203 e. The quantitative estimate of drug-likeness (QED) is 0.783. The fourth-order valence-corrected chi connectivity index (χ4v) is 1.82. The Morgan fingerprint density at radius 3 is 2.53 bits per heavy atom. The van der Waals surface area contributed by atoms with Crippen molar-refractivity contribution in [1.29, 1.82) is 0 Å². The number of aromatic nitrogens is 2. The molecule has 1 heterocycles. The molecule has 1 aromatic heterocycles. The monoisotopic (exact) mass is 237 g/mol. The SMILES string of the molecule is Cc1cn(CCCC(C)C)c(NCC(C)C)n1. The highest BCUT2D eigenvalue weighted by Gasteiger charge is 2.06. The van der Waals surface area contributed by atoms with E-state index in [1.165, 1.54) is 12.8 Å². The summed E-state index contributed by atoms with van der Waals surface area (Å²) in [4.78, 5) is 4.53. The Balaban J connectivity index is 2.51. The summed E-state index contributed by atoms with van der Waals surface area (Å²) in [6.07, 6.45) is 4.65. The van der Waals surface area contributed by atoms with Gasteiger partial charge in [0.05, 0.1) is 5.69 Å². The largest absolute Gasteiger partial charge is 0.355 e. The summed E-state index contributed by atoms with van der Waals surface area (Å²) in [6.45, 7) is 13.1. The highest BCUT2D eigenvalue weighted by atomic mass is 15.2. The Hall–Kier alpha value is -0.990. The predicted octanol–water partition coefficient (Wildman–Crippen LogP) is 3.70. The van der Waals surface area contributed by atoms with Crippen molar-refractivity contribution in [1.82, 2.24) is 9.55 Å². The van der Waals surface area contributed by atoms with Gasteiger partial charge in [-0.25, -0.2) is 4.98 Å². The maximum atomic E-state index is 4.53. The molecule has 98 valence electrons. The van der Waals surface area contributed by atoms with Crippen LogP contribution in [-0.2, 0) is 6.54 Å². The first-order valence-electron chi connectivity index (χ1n) is 6.76. The number of anilines is 1. The summed E-state index contributed by atoms with van der Waals surface area (Å²) in [5.41, 5.74) is 1.10. The highest BCUT2D eigenvalue weighted by Crippen LogP contribution is 2.12. The van der Waals surface area contributed by atoms with E-state index >= 15 is 0 Å². The predicted molar refractivity (Wildman–Crippen MR) is 74.4 cm³/mol. The van der Waals surface area contributed by atoms with Crippen LogP contribution in [0.3, 0.4) is 0 Å². The zero-order valence-electron chi connectivity index (χ0n) is 12.0. The fourth-order valence-electron chi connectivity index (χ4n) is 1.82. The number of hydrogen-bond acceptors (Lipinski definition) is 2. The van der Waals surface area contributed by atoms with E-state index < -0.39 is 0 Å². The van der Waals surface area contributed by atoms with Gasteiger partial charge in [-0.3, -0.25) is 0 Å². The van der Waals surface area contributed by atoms with Gasteiger partial charge in [-0.1, -0.05) is 27.7 Å². The topological polar surface area (TPSA) is 29.9 Å². The van der Waals surface area contributed by atoms with Gasteiger partial charge in [0.15, 0.2) is 0 Å². The second-order valence-electron chi connectivity index (χ2n) is 5.71. The third-order valence-electron chi connectivity index (χ3n) is 2.75. The number of aryl methyl sites for hydroxylation is 2. The molecule has 3 heteroatoms. The van der Waals surface area contributed by atoms with Gasteiger partial charge in [0.1, 0.15) is 0 Å². The summed E-state index contributed by atoms with van der Waals surface area (Å²) in [6, 6.07) is 0. The molecule has 0 spiro atoms. The van der Waals surface area contributed by atoms with Crippen molar-refractivity contribution in [3.05, 3.63) is 11.9 Å². The number of nitrogens with one attached hydrogen (secondary N) is 1. The standard InChI is InChI=1S/C14H27N3/c1-11(2)7-6-8-17-10-13(5)16-14(17)15-9-12(3)4/h10-12H,6-9H2,1-5H3,(H,15,16). The summed E-state index contributed by atoms with van der Waals surface area (Å²) >= 11 is 0. The van der Waals surface area contributed by atoms with Crippen LogP contribution in [0.5, 0.6) is 0 Å². The third-order valence-corrected chi connectivity index (χ3v) is 2.75. The van der Waals surface area contributed by atoms with Crippen molar-refractivity contribution in [3.63, 3.8) is 0 Å². The van der Waals surface area contributed by atoms with E-state index in [1.807, 2.05) is 0 Å². The second-order valence-corrected chi connectivity index (χ2v) is 5.71. The normalized spacial score (nSPS) is 11.5. The van der Waals surface area contributed by atoms with Crippen LogP contribution in [0.1, 0.15) is 46.2 Å². The molecule has 0 saturated carbocycles. The first-order valence-corrected chi connectivity index (χ1v) is 6.76. The van der Waals surface area contributed by atoms with Crippen LogP contribution in [0.15, 0.2) is 6.20 Å². The minimum absolute atomic E-state index is 0.649. The molecule has 0 unspecified atom stereocenters. The van der Waals surface area contributed by atoms with Crippen molar-refractivity contribution >= 4 is 5.95 Å². The van der Waals surface area contributed by atoms with E-state index in [2.05, 4.69) is 55.7 Å². The highest BCUT2D eigenvalue weighted by molar-refractivity contribution is 5.28. The number of nitrogens with zero attached hydrogens (tertiary/aromatic N) is 2. The van der Waals surface area contributed by atoms with Gasteiger partial charge in [0, 0.05) is 19.3 Å². The third kappa shape index (κ3) is 5.24. The minimum atomic E-state index is 0.649. The van der Waals surface area contributed by atoms with Crippen LogP contribution in [0.25, 0.3) is 0 Å². The maximum absolute atomic E-state index is 4.53. The molecular formula is C14H27N3. The van der Waals surface area contributed by atoms with Gasteiger partial charge in [-0.15, -0.1) is 0 Å². The molecule has 0 aliphatic heterocycles. The van der Waals surface area contributed by atoms with Crippen molar-refractivity contribution in [3.8, 4) is 0 Å². The molecule has 0 fully saturated rings. The molecule has 17 heavy (non-hydrogen) atoms. The first-order chi connectivity index (χ1) is 7.99. The fraction of sp³-hybridized carbons (Fsp3) is 0.786. The van der Waals surface area contributed by atoms with Crippen LogP contribution in [0.2, 0.25) is 0 Å². The van der Waals surface area contributed by atoms with Crippen LogP contribution >= 0.6 is 0 Å². The van der Waals surface area contributed by atoms with E-state index in [4.69, 9.17) is 0 Å². The molecular weight excluding hydrogens is 210 g/mol. The smallest absolute Gasteiger partial charge is 0.203 e. The summed E-state index contributed by atoms with van der Waals surface area (Å²) in [5, 5.41) is 3.42. The van der Waals surface area contributed by atoms with Gasteiger partial charge >= 0.3 is 0 Å². The lowest BCUT2D eigenvalue weighted by molar-refractivity contribution is 0.513.